The standard InChI is InChI=1S/C12H14BrN3/c1-8-5-3-4-6-9(8)11-12(13)15-10(7-14)16(11)2/h3-6H,7,14H2,1-2H3. The van der Waals surface area contributed by atoms with Crippen molar-refractivity contribution >= 4 is 15.9 Å². The van der Waals surface area contributed by atoms with Gasteiger partial charge in [0, 0.05) is 12.6 Å². The van der Waals surface area contributed by atoms with Crippen molar-refractivity contribution in [3.8, 4) is 11.3 Å². The fraction of sp³-hybridized carbons (Fsp3) is 0.250. The molecule has 0 amide bonds. The number of aryl methyl sites for hydroxylation is 1. The van der Waals surface area contributed by atoms with Gasteiger partial charge in [0.2, 0.25) is 0 Å². The number of aromatic nitrogens is 2. The zero-order valence-corrected chi connectivity index (χ0v) is 11.0. The van der Waals surface area contributed by atoms with E-state index >= 15 is 0 Å². The Hall–Kier alpha value is -1.13. The number of benzene rings is 1. The van der Waals surface area contributed by atoms with Crippen LogP contribution in [0.2, 0.25) is 0 Å². The molecule has 0 saturated heterocycles. The molecule has 1 aromatic heterocycles. The van der Waals surface area contributed by atoms with Crippen molar-refractivity contribution < 1.29 is 0 Å². The Kier molecular flexibility index (Phi) is 3.12. The van der Waals surface area contributed by atoms with Crippen molar-refractivity contribution in [2.75, 3.05) is 0 Å². The molecule has 0 spiro atoms. The molecule has 2 rings (SSSR count). The maximum absolute atomic E-state index is 5.64. The first kappa shape index (κ1) is 11.4. The van der Waals surface area contributed by atoms with E-state index in [1.807, 2.05) is 23.7 Å². The zero-order chi connectivity index (χ0) is 11.7. The van der Waals surface area contributed by atoms with Crippen LogP contribution in [0.15, 0.2) is 28.9 Å². The van der Waals surface area contributed by atoms with E-state index in [4.69, 9.17) is 5.73 Å². The summed E-state index contributed by atoms with van der Waals surface area (Å²) in [6, 6.07) is 8.26. The molecule has 16 heavy (non-hydrogen) atoms. The second-order valence-corrected chi connectivity index (χ2v) is 4.50. The summed E-state index contributed by atoms with van der Waals surface area (Å²) in [4.78, 5) is 4.40. The third-order valence-electron chi connectivity index (χ3n) is 2.73. The van der Waals surface area contributed by atoms with E-state index < -0.39 is 0 Å². The van der Waals surface area contributed by atoms with Crippen LogP contribution >= 0.6 is 15.9 Å². The lowest BCUT2D eigenvalue weighted by molar-refractivity contribution is 0.798. The average Bonchev–Trinajstić information content (AvgIpc) is 2.55. The van der Waals surface area contributed by atoms with E-state index in [9.17, 15) is 0 Å². The van der Waals surface area contributed by atoms with E-state index in [1.54, 1.807) is 0 Å². The van der Waals surface area contributed by atoms with Gasteiger partial charge in [-0.3, -0.25) is 0 Å². The Balaban J connectivity index is 2.65. The van der Waals surface area contributed by atoms with Gasteiger partial charge in [-0.1, -0.05) is 24.3 Å². The lowest BCUT2D eigenvalue weighted by Crippen LogP contribution is -2.05. The molecular weight excluding hydrogens is 266 g/mol. The number of nitrogens with two attached hydrogens (primary N) is 1. The van der Waals surface area contributed by atoms with Crippen LogP contribution in [0.5, 0.6) is 0 Å². The van der Waals surface area contributed by atoms with E-state index in [2.05, 4.69) is 40.0 Å². The van der Waals surface area contributed by atoms with Crippen molar-refractivity contribution in [1.82, 2.24) is 9.55 Å². The molecule has 3 nitrogen and oxygen atoms in total. The van der Waals surface area contributed by atoms with Crippen LogP contribution in [-0.2, 0) is 13.6 Å². The van der Waals surface area contributed by atoms with Crippen LogP contribution in [0.1, 0.15) is 11.4 Å². The summed E-state index contributed by atoms with van der Waals surface area (Å²) >= 11 is 3.49. The van der Waals surface area contributed by atoms with E-state index in [0.717, 1.165) is 16.1 Å². The van der Waals surface area contributed by atoms with Gasteiger partial charge < -0.3 is 10.3 Å². The fourth-order valence-corrected chi connectivity index (χ4v) is 2.51. The first-order valence-electron chi connectivity index (χ1n) is 5.12. The molecule has 0 atom stereocenters. The van der Waals surface area contributed by atoms with E-state index in [-0.39, 0.29) is 0 Å². The molecule has 0 unspecified atom stereocenters. The molecule has 0 aliphatic rings. The molecule has 4 heteroatoms. The molecule has 0 aliphatic heterocycles. The number of nitrogens with zero attached hydrogens (tertiary/aromatic N) is 2. The molecule has 2 N–H and O–H groups in total. The van der Waals surface area contributed by atoms with Gasteiger partial charge in [0.05, 0.1) is 12.2 Å². The van der Waals surface area contributed by atoms with Crippen LogP contribution in [0.4, 0.5) is 0 Å². The maximum atomic E-state index is 5.64. The molecule has 0 bridgehead atoms. The minimum absolute atomic E-state index is 0.445. The predicted molar refractivity (Wildman–Crippen MR) is 69.0 cm³/mol. The molecule has 84 valence electrons. The Labute approximate surface area is 103 Å². The summed E-state index contributed by atoms with van der Waals surface area (Å²) in [5, 5.41) is 0. The zero-order valence-electron chi connectivity index (χ0n) is 9.37. The second-order valence-electron chi connectivity index (χ2n) is 3.75. The highest BCUT2D eigenvalue weighted by atomic mass is 79.9. The van der Waals surface area contributed by atoms with Crippen LogP contribution in [0.25, 0.3) is 11.3 Å². The number of rotatable bonds is 2. The number of hydrogen-bond donors (Lipinski definition) is 1. The smallest absolute Gasteiger partial charge is 0.132 e. The molecular formula is C12H14BrN3. The normalized spacial score (nSPS) is 10.8. The fourth-order valence-electron chi connectivity index (χ4n) is 1.82. The number of hydrogen-bond acceptors (Lipinski definition) is 2. The lowest BCUT2D eigenvalue weighted by atomic mass is 10.1. The Bertz CT molecular complexity index is 517. The molecule has 1 heterocycles. The van der Waals surface area contributed by atoms with Gasteiger partial charge in [-0.25, -0.2) is 4.98 Å². The molecule has 2 aromatic rings. The van der Waals surface area contributed by atoms with Crippen LogP contribution in [-0.4, -0.2) is 9.55 Å². The van der Waals surface area contributed by atoms with E-state index in [0.29, 0.717) is 6.54 Å². The van der Waals surface area contributed by atoms with Gasteiger partial charge in [-0.2, -0.15) is 0 Å². The number of halogens is 1. The van der Waals surface area contributed by atoms with Crippen LogP contribution < -0.4 is 5.73 Å². The summed E-state index contributed by atoms with van der Waals surface area (Å²) in [5.74, 6) is 0.880. The predicted octanol–water partition coefficient (Wildman–Crippen LogP) is 2.62. The van der Waals surface area contributed by atoms with Gasteiger partial charge in [-0.15, -0.1) is 0 Å². The summed E-state index contributed by atoms with van der Waals surface area (Å²) < 4.78 is 2.89. The monoisotopic (exact) mass is 279 g/mol. The van der Waals surface area contributed by atoms with Crippen LogP contribution in [0.3, 0.4) is 0 Å². The Morgan fingerprint density at radius 2 is 2.06 bits per heavy atom. The molecule has 0 aliphatic carbocycles. The van der Waals surface area contributed by atoms with Gasteiger partial charge in [0.25, 0.3) is 0 Å². The van der Waals surface area contributed by atoms with Gasteiger partial charge >= 0.3 is 0 Å². The summed E-state index contributed by atoms with van der Waals surface area (Å²) in [6.45, 7) is 2.54. The Morgan fingerprint density at radius 3 is 2.62 bits per heavy atom. The highest BCUT2D eigenvalue weighted by Crippen LogP contribution is 2.30. The lowest BCUT2D eigenvalue weighted by Gasteiger charge is -2.08. The SMILES string of the molecule is Cc1ccccc1-c1c(Br)nc(CN)n1C. The van der Waals surface area contributed by atoms with Crippen molar-refractivity contribution in [1.29, 1.82) is 0 Å². The van der Waals surface area contributed by atoms with Crippen molar-refractivity contribution in [2.45, 2.75) is 13.5 Å². The molecule has 0 fully saturated rings. The topological polar surface area (TPSA) is 43.8 Å². The minimum Gasteiger partial charge on any atom is -0.329 e. The van der Waals surface area contributed by atoms with Gasteiger partial charge in [-0.05, 0) is 28.4 Å². The third-order valence-corrected chi connectivity index (χ3v) is 3.28. The highest BCUT2D eigenvalue weighted by Gasteiger charge is 2.14. The van der Waals surface area contributed by atoms with Gasteiger partial charge in [0.15, 0.2) is 0 Å². The first-order chi connectivity index (χ1) is 7.65. The number of imidazole rings is 1. The average molecular weight is 280 g/mol. The maximum Gasteiger partial charge on any atom is 0.132 e. The van der Waals surface area contributed by atoms with Gasteiger partial charge in [0.1, 0.15) is 10.4 Å². The molecule has 0 saturated carbocycles. The van der Waals surface area contributed by atoms with Crippen molar-refractivity contribution in [3.63, 3.8) is 0 Å². The molecule has 1 aromatic carbocycles. The van der Waals surface area contributed by atoms with E-state index in [1.165, 1.54) is 11.1 Å². The minimum atomic E-state index is 0.445. The quantitative estimate of drug-likeness (QED) is 0.919. The highest BCUT2D eigenvalue weighted by molar-refractivity contribution is 9.10. The second kappa shape index (κ2) is 4.39. The van der Waals surface area contributed by atoms with Crippen LogP contribution in [0, 0.1) is 6.92 Å². The van der Waals surface area contributed by atoms with Crippen molar-refractivity contribution in [2.24, 2.45) is 12.8 Å². The third kappa shape index (κ3) is 1.79. The molecule has 0 radical (unpaired) electrons. The first-order valence-corrected chi connectivity index (χ1v) is 5.91. The Morgan fingerprint density at radius 1 is 1.38 bits per heavy atom. The van der Waals surface area contributed by atoms with Crippen molar-refractivity contribution in [3.05, 3.63) is 40.3 Å². The summed E-state index contributed by atoms with van der Waals surface area (Å²) in [6.07, 6.45) is 0. The summed E-state index contributed by atoms with van der Waals surface area (Å²) in [7, 11) is 1.99. The largest absolute Gasteiger partial charge is 0.329 e. The summed E-state index contributed by atoms with van der Waals surface area (Å²) in [5.41, 5.74) is 9.14.